The Balaban J connectivity index is 2.33. The van der Waals surface area contributed by atoms with Crippen LogP contribution in [0.2, 0.25) is 5.02 Å². The van der Waals surface area contributed by atoms with Crippen molar-refractivity contribution in [3.63, 3.8) is 0 Å². The van der Waals surface area contributed by atoms with E-state index in [-0.39, 0.29) is 5.91 Å². The maximum Gasteiger partial charge on any atom is 0.331 e. The van der Waals surface area contributed by atoms with Crippen LogP contribution >= 0.6 is 11.6 Å². The first-order valence-corrected chi connectivity index (χ1v) is 6.17. The van der Waals surface area contributed by atoms with Crippen molar-refractivity contribution < 1.29 is 9.59 Å². The van der Waals surface area contributed by atoms with E-state index >= 15 is 0 Å². The van der Waals surface area contributed by atoms with E-state index in [1.807, 2.05) is 0 Å². The molecule has 1 heterocycles. The highest BCUT2D eigenvalue weighted by molar-refractivity contribution is 6.31. The van der Waals surface area contributed by atoms with Crippen molar-refractivity contribution >= 4 is 29.2 Å². The van der Waals surface area contributed by atoms with Crippen molar-refractivity contribution in [1.82, 2.24) is 14.5 Å². The summed E-state index contributed by atoms with van der Waals surface area (Å²) in [5.41, 5.74) is 0.725. The van der Waals surface area contributed by atoms with Crippen molar-refractivity contribution in [3.05, 3.63) is 47.5 Å². The average molecular weight is 293 g/mol. The van der Waals surface area contributed by atoms with Gasteiger partial charge in [0.25, 0.3) is 5.91 Å². The van der Waals surface area contributed by atoms with Crippen LogP contribution in [0.25, 0.3) is 0 Å². The fourth-order valence-electron chi connectivity index (χ4n) is 1.61. The number of rotatable bonds is 2. The zero-order valence-corrected chi connectivity index (χ0v) is 11.8. The van der Waals surface area contributed by atoms with Crippen LogP contribution in [-0.4, -0.2) is 40.5 Å². The Morgan fingerprint density at radius 2 is 2.10 bits per heavy atom. The summed E-state index contributed by atoms with van der Waals surface area (Å²) < 4.78 is 1.27. The number of nitrogens with zero attached hydrogens (tertiary/aromatic N) is 3. The molecule has 0 spiro atoms. The molecule has 1 aromatic heterocycles. The van der Waals surface area contributed by atoms with Crippen LogP contribution in [-0.2, 0) is 0 Å². The second kappa shape index (κ2) is 5.75. The van der Waals surface area contributed by atoms with Crippen molar-refractivity contribution in [2.75, 3.05) is 19.4 Å². The lowest BCUT2D eigenvalue weighted by Gasteiger charge is -2.15. The second-order valence-electron chi connectivity index (χ2n) is 4.29. The molecule has 104 valence electrons. The van der Waals surface area contributed by atoms with Crippen molar-refractivity contribution in [2.45, 2.75) is 0 Å². The van der Waals surface area contributed by atoms with E-state index in [1.165, 1.54) is 34.3 Å². The molecule has 0 saturated carbocycles. The van der Waals surface area contributed by atoms with Gasteiger partial charge < -0.3 is 10.2 Å². The minimum Gasteiger partial charge on any atom is -0.345 e. The van der Waals surface area contributed by atoms with E-state index in [0.717, 1.165) is 0 Å². The molecule has 2 amide bonds. The molecule has 2 rings (SSSR count). The molecular weight excluding hydrogens is 280 g/mol. The van der Waals surface area contributed by atoms with Crippen LogP contribution in [0.3, 0.4) is 0 Å². The number of aromatic nitrogens is 2. The number of carbonyl (C=O) groups excluding carboxylic acids is 2. The molecule has 0 fully saturated rings. The maximum absolute atomic E-state index is 12.1. The van der Waals surface area contributed by atoms with E-state index in [9.17, 15) is 9.59 Å². The Morgan fingerprint density at radius 1 is 1.35 bits per heavy atom. The summed E-state index contributed by atoms with van der Waals surface area (Å²) >= 11 is 5.91. The maximum atomic E-state index is 12.1. The van der Waals surface area contributed by atoms with Gasteiger partial charge in [0.2, 0.25) is 0 Å². The molecule has 6 nitrogen and oxygen atoms in total. The zero-order chi connectivity index (χ0) is 14.7. The molecule has 0 aliphatic carbocycles. The summed E-state index contributed by atoms with van der Waals surface area (Å²) in [6.45, 7) is 0. The highest BCUT2D eigenvalue weighted by Crippen LogP contribution is 2.22. The van der Waals surface area contributed by atoms with Crippen LogP contribution < -0.4 is 5.32 Å². The summed E-state index contributed by atoms with van der Waals surface area (Å²) in [7, 11) is 3.27. The quantitative estimate of drug-likeness (QED) is 0.923. The third kappa shape index (κ3) is 2.97. The highest BCUT2D eigenvalue weighted by atomic mass is 35.5. The summed E-state index contributed by atoms with van der Waals surface area (Å²) in [6.07, 6.45) is 4.37. The zero-order valence-electron chi connectivity index (χ0n) is 11.0. The fourth-order valence-corrected chi connectivity index (χ4v) is 1.78. The van der Waals surface area contributed by atoms with Gasteiger partial charge in [-0.1, -0.05) is 11.6 Å². The molecule has 7 heteroatoms. The minimum absolute atomic E-state index is 0.220. The predicted octanol–water partition coefficient (Wildman–Crippen LogP) is 2.32. The first kappa shape index (κ1) is 14.1. The largest absolute Gasteiger partial charge is 0.345 e. The van der Waals surface area contributed by atoms with Gasteiger partial charge >= 0.3 is 6.03 Å². The van der Waals surface area contributed by atoms with Crippen molar-refractivity contribution in [1.29, 1.82) is 0 Å². The lowest BCUT2D eigenvalue weighted by atomic mass is 10.1. The van der Waals surface area contributed by atoms with E-state index < -0.39 is 6.03 Å². The molecule has 20 heavy (non-hydrogen) atoms. The molecule has 0 bridgehead atoms. The van der Waals surface area contributed by atoms with Gasteiger partial charge in [0, 0.05) is 31.5 Å². The minimum atomic E-state index is -0.419. The van der Waals surface area contributed by atoms with E-state index in [2.05, 4.69) is 10.3 Å². The molecule has 2 aromatic rings. The van der Waals surface area contributed by atoms with E-state index in [4.69, 9.17) is 11.6 Å². The predicted molar refractivity (Wildman–Crippen MR) is 76.1 cm³/mol. The molecule has 0 radical (unpaired) electrons. The number of hydrogen-bond donors (Lipinski definition) is 1. The standard InChI is InChI=1S/C13H13ClN4O2/c1-17(2)12(19)10-4-3-9(14)7-11(10)16-13(20)18-6-5-15-8-18/h3-8H,1-2H3,(H,16,20). The number of carbonyl (C=O) groups is 2. The number of amides is 2. The van der Waals surface area contributed by atoms with Gasteiger partial charge in [0.05, 0.1) is 11.3 Å². The molecule has 0 unspecified atom stereocenters. The molecule has 0 aliphatic heterocycles. The Morgan fingerprint density at radius 3 is 2.70 bits per heavy atom. The van der Waals surface area contributed by atoms with Gasteiger partial charge in [-0.3, -0.25) is 9.36 Å². The number of hydrogen-bond acceptors (Lipinski definition) is 3. The van der Waals surface area contributed by atoms with Gasteiger partial charge in [0.15, 0.2) is 0 Å². The number of imidazole rings is 1. The molecule has 0 atom stereocenters. The van der Waals surface area contributed by atoms with E-state index in [0.29, 0.717) is 16.3 Å². The summed E-state index contributed by atoms with van der Waals surface area (Å²) in [5, 5.41) is 3.07. The number of anilines is 1. The summed E-state index contributed by atoms with van der Waals surface area (Å²) in [5.74, 6) is -0.220. The third-order valence-electron chi connectivity index (χ3n) is 2.60. The van der Waals surface area contributed by atoms with Crippen LogP contribution in [0.4, 0.5) is 10.5 Å². The highest BCUT2D eigenvalue weighted by Gasteiger charge is 2.16. The number of nitrogens with one attached hydrogen (secondary N) is 1. The molecule has 0 aliphatic rings. The smallest absolute Gasteiger partial charge is 0.331 e. The van der Waals surface area contributed by atoms with Crippen LogP contribution in [0.1, 0.15) is 10.4 Å². The van der Waals surface area contributed by atoms with Crippen LogP contribution in [0, 0.1) is 0 Å². The summed E-state index contributed by atoms with van der Waals surface area (Å²) in [4.78, 5) is 29.2. The molecule has 1 aromatic carbocycles. The third-order valence-corrected chi connectivity index (χ3v) is 2.83. The number of benzene rings is 1. The lowest BCUT2D eigenvalue weighted by Crippen LogP contribution is -2.25. The lowest BCUT2D eigenvalue weighted by molar-refractivity contribution is 0.0828. The Bertz CT molecular complexity index is 638. The van der Waals surface area contributed by atoms with Gasteiger partial charge in [0.1, 0.15) is 6.33 Å². The Kier molecular flexibility index (Phi) is 4.05. The fraction of sp³-hybridized carbons (Fsp3) is 0.154. The summed E-state index contributed by atoms with van der Waals surface area (Å²) in [6, 6.07) is 4.30. The monoisotopic (exact) mass is 292 g/mol. The van der Waals surface area contributed by atoms with Crippen molar-refractivity contribution in [3.8, 4) is 0 Å². The average Bonchev–Trinajstić information content (AvgIpc) is 2.92. The second-order valence-corrected chi connectivity index (χ2v) is 4.73. The first-order chi connectivity index (χ1) is 9.49. The van der Waals surface area contributed by atoms with Gasteiger partial charge in [-0.05, 0) is 18.2 Å². The van der Waals surface area contributed by atoms with Crippen LogP contribution in [0.15, 0.2) is 36.9 Å². The number of halogens is 1. The van der Waals surface area contributed by atoms with Gasteiger partial charge in [-0.15, -0.1) is 0 Å². The molecule has 1 N–H and O–H groups in total. The molecular formula is C13H13ClN4O2. The van der Waals surface area contributed by atoms with E-state index in [1.54, 1.807) is 26.2 Å². The Hall–Kier alpha value is -2.34. The SMILES string of the molecule is CN(C)C(=O)c1ccc(Cl)cc1NC(=O)n1ccnc1. The van der Waals surface area contributed by atoms with Gasteiger partial charge in [-0.25, -0.2) is 9.78 Å². The Labute approximate surface area is 121 Å². The topological polar surface area (TPSA) is 67.2 Å². The van der Waals surface area contributed by atoms with Gasteiger partial charge in [-0.2, -0.15) is 0 Å². The molecule has 0 saturated heterocycles. The first-order valence-electron chi connectivity index (χ1n) is 5.79. The van der Waals surface area contributed by atoms with Crippen molar-refractivity contribution in [2.24, 2.45) is 0 Å². The van der Waals surface area contributed by atoms with Crippen LogP contribution in [0.5, 0.6) is 0 Å². The normalized spacial score (nSPS) is 10.2.